The van der Waals surface area contributed by atoms with E-state index in [1.165, 1.54) is 0 Å². The number of nitrogens with zero attached hydrogens (tertiary/aromatic N) is 3. The van der Waals surface area contributed by atoms with Crippen LogP contribution in [0, 0.1) is 0 Å². The Morgan fingerprint density at radius 2 is 1.93 bits per heavy atom. The fraction of sp³-hybridized carbons (Fsp3) is 0.136. The fourth-order valence-electron chi connectivity index (χ4n) is 3.06. The number of benzene rings is 2. The summed E-state index contributed by atoms with van der Waals surface area (Å²) in [4.78, 5) is 18.4. The van der Waals surface area contributed by atoms with Crippen molar-refractivity contribution in [1.82, 2.24) is 15.0 Å². The third kappa shape index (κ3) is 3.57. The molecule has 2 aromatic carbocycles. The van der Waals surface area contributed by atoms with Crippen LogP contribution in [0.4, 0.5) is 0 Å². The highest BCUT2D eigenvalue weighted by atomic mass is 16.5. The van der Waals surface area contributed by atoms with Gasteiger partial charge in [0.2, 0.25) is 0 Å². The maximum Gasteiger partial charge on any atom is 0.276 e. The monoisotopic (exact) mass is 373 g/mol. The third-order valence-electron chi connectivity index (χ3n) is 4.55. The van der Waals surface area contributed by atoms with Gasteiger partial charge in [-0.3, -0.25) is 9.78 Å². The van der Waals surface area contributed by atoms with E-state index in [1.54, 1.807) is 43.6 Å². The van der Waals surface area contributed by atoms with Gasteiger partial charge in [0.25, 0.3) is 5.91 Å². The molecule has 0 aliphatic rings. The van der Waals surface area contributed by atoms with Crippen LogP contribution in [-0.4, -0.2) is 35.1 Å². The maximum absolute atomic E-state index is 12.7. The van der Waals surface area contributed by atoms with E-state index < -0.39 is 0 Å². The summed E-state index contributed by atoms with van der Waals surface area (Å²) in [6.07, 6.45) is 3.35. The zero-order valence-corrected chi connectivity index (χ0v) is 15.6. The number of carbonyl (C=O) groups is 1. The van der Waals surface area contributed by atoms with E-state index in [4.69, 9.17) is 9.26 Å². The highest BCUT2D eigenvalue weighted by Gasteiger charge is 2.18. The van der Waals surface area contributed by atoms with Gasteiger partial charge in [0.05, 0.1) is 7.11 Å². The average Bonchev–Trinajstić information content (AvgIpc) is 3.23. The number of carbonyl (C=O) groups excluding carboxylic acids is 1. The highest BCUT2D eigenvalue weighted by molar-refractivity contribution is 5.93. The number of aromatic nitrogens is 2. The molecule has 0 N–H and O–H groups in total. The van der Waals surface area contributed by atoms with Crippen molar-refractivity contribution >= 4 is 16.7 Å². The van der Waals surface area contributed by atoms with Gasteiger partial charge in [-0.25, -0.2) is 0 Å². The molecule has 0 atom stereocenters. The maximum atomic E-state index is 12.7. The molecule has 4 rings (SSSR count). The summed E-state index contributed by atoms with van der Waals surface area (Å²) >= 11 is 0. The summed E-state index contributed by atoms with van der Waals surface area (Å²) in [6.45, 7) is 0.468. The van der Waals surface area contributed by atoms with Crippen molar-refractivity contribution in [2.45, 2.75) is 6.54 Å². The minimum atomic E-state index is -0.200. The zero-order chi connectivity index (χ0) is 19.5. The second-order valence-corrected chi connectivity index (χ2v) is 6.53. The van der Waals surface area contributed by atoms with Crippen LogP contribution < -0.4 is 4.74 Å². The molecule has 2 heterocycles. The lowest BCUT2D eigenvalue weighted by atomic mass is 10.1. The van der Waals surface area contributed by atoms with Crippen LogP contribution in [0.25, 0.3) is 22.1 Å². The normalized spacial score (nSPS) is 10.8. The molecule has 0 fully saturated rings. The van der Waals surface area contributed by atoms with Crippen molar-refractivity contribution in [3.63, 3.8) is 0 Å². The van der Waals surface area contributed by atoms with Gasteiger partial charge in [-0.2, -0.15) is 0 Å². The van der Waals surface area contributed by atoms with Crippen molar-refractivity contribution in [1.29, 1.82) is 0 Å². The van der Waals surface area contributed by atoms with Gasteiger partial charge in [0, 0.05) is 37.6 Å². The average molecular weight is 373 g/mol. The number of methoxy groups -OCH3 is 1. The van der Waals surface area contributed by atoms with Crippen molar-refractivity contribution in [2.75, 3.05) is 14.2 Å². The fourth-order valence-corrected chi connectivity index (χ4v) is 3.06. The lowest BCUT2D eigenvalue weighted by Crippen LogP contribution is -2.26. The Bertz CT molecular complexity index is 1120. The summed E-state index contributed by atoms with van der Waals surface area (Å²) in [5, 5.41) is 6.11. The number of ether oxygens (including phenoxy) is 1. The second-order valence-electron chi connectivity index (χ2n) is 6.53. The van der Waals surface area contributed by atoms with Crippen molar-refractivity contribution < 1.29 is 14.1 Å². The molecule has 6 nitrogen and oxygen atoms in total. The number of hydrogen-bond acceptors (Lipinski definition) is 5. The van der Waals surface area contributed by atoms with Crippen LogP contribution in [0.15, 0.2) is 71.5 Å². The van der Waals surface area contributed by atoms with Crippen molar-refractivity contribution in [3.05, 3.63) is 78.2 Å². The number of fused-ring (bicyclic) bond motifs is 1. The molecule has 0 radical (unpaired) electrons. The smallest absolute Gasteiger partial charge is 0.276 e. The molecule has 0 bridgehead atoms. The lowest BCUT2D eigenvalue weighted by Gasteiger charge is -2.16. The van der Waals surface area contributed by atoms with E-state index in [0.29, 0.717) is 12.3 Å². The number of pyridine rings is 1. The SMILES string of the molecule is COc1ccc2cc(CN(C)C(=O)c3cc(-c4cccnc4)on3)ccc2c1. The molecule has 2 aromatic heterocycles. The first-order valence-corrected chi connectivity index (χ1v) is 8.83. The first kappa shape index (κ1) is 17.7. The van der Waals surface area contributed by atoms with E-state index in [2.05, 4.69) is 16.2 Å². The Labute approximate surface area is 162 Å². The predicted molar refractivity (Wildman–Crippen MR) is 106 cm³/mol. The Hall–Kier alpha value is -3.67. The van der Waals surface area contributed by atoms with Gasteiger partial charge in [0.15, 0.2) is 11.5 Å². The van der Waals surface area contributed by atoms with Gasteiger partial charge < -0.3 is 14.2 Å². The molecule has 0 saturated carbocycles. The van der Waals surface area contributed by atoms with Crippen molar-refractivity contribution in [2.24, 2.45) is 0 Å². The minimum absolute atomic E-state index is 0.200. The summed E-state index contributed by atoms with van der Waals surface area (Å²) in [6, 6.07) is 17.3. The Balaban J connectivity index is 1.50. The largest absolute Gasteiger partial charge is 0.497 e. The molecule has 140 valence electrons. The number of amides is 1. The summed E-state index contributed by atoms with van der Waals surface area (Å²) in [5.41, 5.74) is 2.08. The van der Waals surface area contributed by atoms with Crippen LogP contribution in [0.3, 0.4) is 0 Å². The van der Waals surface area contributed by atoms with E-state index in [0.717, 1.165) is 27.6 Å². The molecule has 0 unspecified atom stereocenters. The van der Waals surface area contributed by atoms with Gasteiger partial charge in [0.1, 0.15) is 5.75 Å². The van der Waals surface area contributed by atoms with Crippen molar-refractivity contribution in [3.8, 4) is 17.1 Å². The van der Waals surface area contributed by atoms with Crippen LogP contribution in [-0.2, 0) is 6.54 Å². The van der Waals surface area contributed by atoms with E-state index in [9.17, 15) is 4.79 Å². The molecule has 28 heavy (non-hydrogen) atoms. The first-order chi connectivity index (χ1) is 13.6. The van der Waals surface area contributed by atoms with Crippen LogP contribution >= 0.6 is 0 Å². The highest BCUT2D eigenvalue weighted by Crippen LogP contribution is 2.23. The van der Waals surface area contributed by atoms with Crippen LogP contribution in [0.5, 0.6) is 5.75 Å². The Morgan fingerprint density at radius 3 is 2.71 bits per heavy atom. The molecule has 0 aliphatic carbocycles. The lowest BCUT2D eigenvalue weighted by molar-refractivity contribution is 0.0775. The molecule has 4 aromatic rings. The molecule has 1 amide bonds. The molecular weight excluding hydrogens is 354 g/mol. The molecule has 0 aliphatic heterocycles. The van der Waals surface area contributed by atoms with Gasteiger partial charge in [-0.1, -0.05) is 23.4 Å². The number of hydrogen-bond donors (Lipinski definition) is 0. The van der Waals surface area contributed by atoms with Gasteiger partial charge >= 0.3 is 0 Å². The zero-order valence-electron chi connectivity index (χ0n) is 15.6. The minimum Gasteiger partial charge on any atom is -0.497 e. The summed E-state index contributed by atoms with van der Waals surface area (Å²) in [7, 11) is 3.40. The third-order valence-corrected chi connectivity index (χ3v) is 4.55. The Kier molecular flexibility index (Phi) is 4.76. The van der Waals surface area contributed by atoms with E-state index >= 15 is 0 Å². The molecular formula is C22H19N3O3. The molecule has 0 spiro atoms. The predicted octanol–water partition coefficient (Wildman–Crippen LogP) is 4.17. The topological polar surface area (TPSA) is 68.5 Å². The van der Waals surface area contributed by atoms with E-state index in [-0.39, 0.29) is 11.6 Å². The van der Waals surface area contributed by atoms with Crippen LogP contribution in [0.1, 0.15) is 16.1 Å². The van der Waals surface area contributed by atoms with Crippen LogP contribution in [0.2, 0.25) is 0 Å². The molecule has 6 heteroatoms. The summed E-state index contributed by atoms with van der Waals surface area (Å²) < 4.78 is 10.6. The van der Waals surface area contributed by atoms with E-state index in [1.807, 2.05) is 36.4 Å². The van der Waals surface area contributed by atoms with Gasteiger partial charge in [-0.15, -0.1) is 0 Å². The quantitative estimate of drug-likeness (QED) is 0.525. The molecule has 0 saturated heterocycles. The first-order valence-electron chi connectivity index (χ1n) is 8.83. The standard InChI is InChI=1S/C22H19N3O3/c1-25(14-15-5-6-17-11-19(27-2)8-7-16(17)10-15)22(26)20-12-21(28-24-20)18-4-3-9-23-13-18/h3-13H,14H2,1-2H3. The second kappa shape index (κ2) is 7.52. The number of rotatable bonds is 5. The Morgan fingerprint density at radius 1 is 1.11 bits per heavy atom. The van der Waals surface area contributed by atoms with Gasteiger partial charge in [-0.05, 0) is 46.7 Å². The summed E-state index contributed by atoms with van der Waals surface area (Å²) in [5.74, 6) is 1.14.